The van der Waals surface area contributed by atoms with E-state index >= 15 is 0 Å². The second-order valence-electron chi connectivity index (χ2n) is 2.72. The third-order valence-corrected chi connectivity index (χ3v) is 2.10. The predicted octanol–water partition coefficient (Wildman–Crippen LogP) is 3.00. The Kier molecular flexibility index (Phi) is 2.41. The van der Waals surface area contributed by atoms with Crippen molar-refractivity contribution in [2.45, 2.75) is 0 Å². The number of hydrogen-bond acceptors (Lipinski definition) is 3. The van der Waals surface area contributed by atoms with Gasteiger partial charge in [0.25, 0.3) is 0 Å². The maximum absolute atomic E-state index is 5.87. The summed E-state index contributed by atoms with van der Waals surface area (Å²) in [6, 6.07) is 7.09. The molecule has 2 aromatic rings. The average Bonchev–Trinajstić information content (AvgIpc) is 2.70. The minimum absolute atomic E-state index is 0.636. The number of nitrogens with zero attached hydrogens (tertiary/aromatic N) is 1. The van der Waals surface area contributed by atoms with Crippen molar-refractivity contribution in [2.24, 2.45) is 0 Å². The van der Waals surface area contributed by atoms with Crippen LogP contribution >= 0.6 is 11.6 Å². The van der Waals surface area contributed by atoms with Crippen LogP contribution < -0.4 is 4.74 Å². The molecule has 0 amide bonds. The van der Waals surface area contributed by atoms with Crippen molar-refractivity contribution in [2.75, 3.05) is 7.11 Å². The van der Waals surface area contributed by atoms with Crippen molar-refractivity contribution in [3.05, 3.63) is 35.5 Å². The van der Waals surface area contributed by atoms with Gasteiger partial charge in [-0.2, -0.15) is 0 Å². The SMILES string of the molecule is COc1ccc(Cl)cc1-c1ccno1. The molecule has 4 heteroatoms. The summed E-state index contributed by atoms with van der Waals surface area (Å²) < 4.78 is 10.2. The topological polar surface area (TPSA) is 35.3 Å². The lowest BCUT2D eigenvalue weighted by Crippen LogP contribution is -1.86. The van der Waals surface area contributed by atoms with Crippen LogP contribution in [0.4, 0.5) is 0 Å². The van der Waals surface area contributed by atoms with Crippen LogP contribution in [0.15, 0.2) is 35.0 Å². The Hall–Kier alpha value is -1.48. The highest BCUT2D eigenvalue weighted by Crippen LogP contribution is 2.31. The molecule has 0 saturated heterocycles. The van der Waals surface area contributed by atoms with Crippen LogP contribution in [0.3, 0.4) is 0 Å². The van der Waals surface area contributed by atoms with Gasteiger partial charge in [-0.3, -0.25) is 0 Å². The molecule has 0 bridgehead atoms. The van der Waals surface area contributed by atoms with Gasteiger partial charge in [-0.15, -0.1) is 0 Å². The predicted molar refractivity (Wildman–Crippen MR) is 53.5 cm³/mol. The van der Waals surface area contributed by atoms with Crippen molar-refractivity contribution < 1.29 is 9.26 Å². The molecule has 0 fully saturated rings. The van der Waals surface area contributed by atoms with Crippen molar-refractivity contribution in [3.63, 3.8) is 0 Å². The van der Waals surface area contributed by atoms with E-state index in [9.17, 15) is 0 Å². The number of hydrogen-bond donors (Lipinski definition) is 0. The fourth-order valence-electron chi connectivity index (χ4n) is 1.23. The zero-order valence-electron chi connectivity index (χ0n) is 7.53. The van der Waals surface area contributed by atoms with Crippen molar-refractivity contribution in [3.8, 4) is 17.1 Å². The molecule has 0 atom stereocenters. The first-order valence-corrected chi connectivity index (χ1v) is 4.43. The smallest absolute Gasteiger partial charge is 0.170 e. The quantitative estimate of drug-likeness (QED) is 0.763. The second-order valence-corrected chi connectivity index (χ2v) is 3.16. The van der Waals surface area contributed by atoms with Gasteiger partial charge in [0, 0.05) is 11.1 Å². The van der Waals surface area contributed by atoms with E-state index < -0.39 is 0 Å². The molecule has 0 N–H and O–H groups in total. The summed E-state index contributed by atoms with van der Waals surface area (Å²) in [6.07, 6.45) is 1.58. The Morgan fingerprint density at radius 2 is 2.21 bits per heavy atom. The van der Waals surface area contributed by atoms with Gasteiger partial charge >= 0.3 is 0 Å². The molecule has 14 heavy (non-hydrogen) atoms. The second kappa shape index (κ2) is 3.72. The summed E-state index contributed by atoms with van der Waals surface area (Å²) in [5.41, 5.74) is 0.803. The molecule has 3 nitrogen and oxygen atoms in total. The van der Waals surface area contributed by atoms with Crippen molar-refractivity contribution in [1.82, 2.24) is 5.16 Å². The van der Waals surface area contributed by atoms with E-state index in [1.54, 1.807) is 37.6 Å². The summed E-state index contributed by atoms with van der Waals surface area (Å²) in [7, 11) is 1.60. The molecule has 0 aliphatic carbocycles. The third-order valence-electron chi connectivity index (χ3n) is 1.86. The zero-order chi connectivity index (χ0) is 9.97. The van der Waals surface area contributed by atoms with E-state index in [-0.39, 0.29) is 0 Å². The first-order chi connectivity index (χ1) is 6.81. The summed E-state index contributed by atoms with van der Waals surface area (Å²) in [4.78, 5) is 0. The first-order valence-electron chi connectivity index (χ1n) is 4.06. The monoisotopic (exact) mass is 209 g/mol. The lowest BCUT2D eigenvalue weighted by molar-refractivity contribution is 0.406. The normalized spacial score (nSPS) is 10.1. The number of halogens is 1. The van der Waals surface area contributed by atoms with Crippen LogP contribution in [0.5, 0.6) is 5.75 Å². The highest BCUT2D eigenvalue weighted by atomic mass is 35.5. The van der Waals surface area contributed by atoms with E-state index in [0.717, 1.165) is 5.56 Å². The molecule has 2 rings (SSSR count). The van der Waals surface area contributed by atoms with Gasteiger partial charge in [0.15, 0.2) is 5.76 Å². The highest BCUT2D eigenvalue weighted by molar-refractivity contribution is 6.30. The highest BCUT2D eigenvalue weighted by Gasteiger charge is 2.09. The lowest BCUT2D eigenvalue weighted by Gasteiger charge is -2.05. The van der Waals surface area contributed by atoms with Gasteiger partial charge in [-0.1, -0.05) is 16.8 Å². The Morgan fingerprint density at radius 1 is 1.36 bits per heavy atom. The Labute approximate surface area is 86.2 Å². The largest absolute Gasteiger partial charge is 0.496 e. The number of ether oxygens (including phenoxy) is 1. The molecule has 1 heterocycles. The molecular weight excluding hydrogens is 202 g/mol. The van der Waals surface area contributed by atoms with Crippen molar-refractivity contribution >= 4 is 11.6 Å². The van der Waals surface area contributed by atoms with Gasteiger partial charge in [-0.05, 0) is 18.2 Å². The Balaban J connectivity index is 2.55. The zero-order valence-corrected chi connectivity index (χ0v) is 8.28. The van der Waals surface area contributed by atoms with Gasteiger partial charge in [0.05, 0.1) is 18.9 Å². The molecule has 0 unspecified atom stereocenters. The molecule has 1 aromatic carbocycles. The van der Waals surface area contributed by atoms with E-state index in [4.69, 9.17) is 20.9 Å². The van der Waals surface area contributed by atoms with Crippen LogP contribution in [0.2, 0.25) is 5.02 Å². The maximum Gasteiger partial charge on any atom is 0.170 e. The van der Waals surface area contributed by atoms with E-state index in [2.05, 4.69) is 5.16 Å². The summed E-state index contributed by atoms with van der Waals surface area (Å²) in [5, 5.41) is 4.27. The van der Waals surface area contributed by atoms with Crippen molar-refractivity contribution in [1.29, 1.82) is 0 Å². The van der Waals surface area contributed by atoms with E-state index in [1.807, 2.05) is 0 Å². The molecule has 1 aromatic heterocycles. The molecule has 72 valence electrons. The molecule has 0 spiro atoms. The minimum atomic E-state index is 0.636. The fraction of sp³-hybridized carbons (Fsp3) is 0.100. The molecule has 0 aliphatic heterocycles. The minimum Gasteiger partial charge on any atom is -0.496 e. The Morgan fingerprint density at radius 3 is 2.86 bits per heavy atom. The standard InChI is InChI=1S/C10H8ClNO2/c1-13-9-3-2-7(11)6-8(9)10-4-5-12-14-10/h2-6H,1H3. The molecule has 0 saturated carbocycles. The number of rotatable bonds is 2. The van der Waals surface area contributed by atoms with Crippen LogP contribution in [-0.4, -0.2) is 12.3 Å². The van der Waals surface area contributed by atoms with E-state index in [1.165, 1.54) is 0 Å². The fourth-order valence-corrected chi connectivity index (χ4v) is 1.40. The lowest BCUT2D eigenvalue weighted by atomic mass is 10.1. The molecule has 0 radical (unpaired) electrons. The van der Waals surface area contributed by atoms with Gasteiger partial charge in [0.1, 0.15) is 5.75 Å². The van der Waals surface area contributed by atoms with Gasteiger partial charge in [0.2, 0.25) is 0 Å². The Bertz CT molecular complexity index is 426. The van der Waals surface area contributed by atoms with Gasteiger partial charge < -0.3 is 9.26 Å². The number of aromatic nitrogens is 1. The van der Waals surface area contributed by atoms with Gasteiger partial charge in [-0.25, -0.2) is 0 Å². The van der Waals surface area contributed by atoms with Crippen LogP contribution in [0.1, 0.15) is 0 Å². The first kappa shape index (κ1) is 9.09. The van der Waals surface area contributed by atoms with Crippen LogP contribution in [0.25, 0.3) is 11.3 Å². The number of methoxy groups -OCH3 is 1. The van der Waals surface area contributed by atoms with Crippen LogP contribution in [0, 0.1) is 0 Å². The number of benzene rings is 1. The summed E-state index contributed by atoms with van der Waals surface area (Å²) in [5.74, 6) is 1.36. The summed E-state index contributed by atoms with van der Waals surface area (Å²) >= 11 is 5.87. The molecular formula is C10H8ClNO2. The average molecular weight is 210 g/mol. The third kappa shape index (κ3) is 1.59. The molecule has 0 aliphatic rings. The summed E-state index contributed by atoms with van der Waals surface area (Å²) in [6.45, 7) is 0. The van der Waals surface area contributed by atoms with E-state index in [0.29, 0.717) is 16.5 Å². The van der Waals surface area contributed by atoms with Crippen LogP contribution in [-0.2, 0) is 0 Å². The maximum atomic E-state index is 5.87.